The van der Waals surface area contributed by atoms with Gasteiger partial charge >= 0.3 is 5.97 Å². The fourth-order valence-corrected chi connectivity index (χ4v) is 4.21. The summed E-state index contributed by atoms with van der Waals surface area (Å²) in [5.74, 6) is 0.402. The number of ether oxygens (including phenoxy) is 2. The summed E-state index contributed by atoms with van der Waals surface area (Å²) in [7, 11) is 1.63. The first-order valence-corrected chi connectivity index (χ1v) is 9.38. The van der Waals surface area contributed by atoms with E-state index >= 15 is 0 Å². The molecule has 0 unspecified atom stereocenters. The largest absolute Gasteiger partial charge is 0.497 e. The van der Waals surface area contributed by atoms with Crippen molar-refractivity contribution in [2.75, 3.05) is 19.0 Å². The molecule has 0 fully saturated rings. The molecule has 0 atom stereocenters. The van der Waals surface area contributed by atoms with Gasteiger partial charge in [0.2, 0.25) is 0 Å². The lowest BCUT2D eigenvalue weighted by atomic mass is 10.2. The van der Waals surface area contributed by atoms with Crippen LogP contribution in [0, 0.1) is 0 Å². The normalized spacial score (nSPS) is 16.2. The Morgan fingerprint density at radius 3 is 2.76 bits per heavy atom. The first-order chi connectivity index (χ1) is 12.1. The molecule has 0 saturated heterocycles. The number of rotatable bonds is 5. The number of anilines is 1. The van der Waals surface area contributed by atoms with Gasteiger partial charge in [-0.3, -0.25) is 0 Å². The van der Waals surface area contributed by atoms with Gasteiger partial charge < -0.3 is 20.1 Å². The van der Waals surface area contributed by atoms with Crippen LogP contribution >= 0.6 is 24.0 Å². The topological polar surface area (TPSA) is 59.6 Å². The van der Waals surface area contributed by atoms with Crippen molar-refractivity contribution in [3.05, 3.63) is 45.5 Å². The van der Waals surface area contributed by atoms with E-state index in [1.54, 1.807) is 25.8 Å². The van der Waals surface area contributed by atoms with E-state index in [1.807, 2.05) is 24.3 Å². The summed E-state index contributed by atoms with van der Waals surface area (Å²) in [6, 6.07) is 7.48. The Labute approximate surface area is 156 Å². The number of benzene rings is 1. The van der Waals surface area contributed by atoms with Gasteiger partial charge in [-0.25, -0.2) is 4.79 Å². The van der Waals surface area contributed by atoms with E-state index in [0.717, 1.165) is 36.4 Å². The van der Waals surface area contributed by atoms with Crippen LogP contribution in [-0.4, -0.2) is 24.7 Å². The second kappa shape index (κ2) is 7.93. The van der Waals surface area contributed by atoms with Gasteiger partial charge in [0.1, 0.15) is 16.4 Å². The summed E-state index contributed by atoms with van der Waals surface area (Å²) in [6.45, 7) is 2.12. The third-order valence-corrected chi connectivity index (χ3v) is 5.67. The lowest BCUT2D eigenvalue weighted by molar-refractivity contribution is -0.138. The third-order valence-electron chi connectivity index (χ3n) is 3.93. The van der Waals surface area contributed by atoms with Gasteiger partial charge in [-0.2, -0.15) is 0 Å². The number of carbonyl (C=O) groups is 1. The van der Waals surface area contributed by atoms with Crippen molar-refractivity contribution in [3.8, 4) is 5.75 Å². The van der Waals surface area contributed by atoms with Gasteiger partial charge in [0.15, 0.2) is 0 Å². The molecule has 1 aliphatic heterocycles. The van der Waals surface area contributed by atoms with Crippen LogP contribution in [0.1, 0.15) is 26.2 Å². The molecular formula is C18H20N2O3S2. The van der Waals surface area contributed by atoms with Gasteiger partial charge in [0.05, 0.1) is 18.6 Å². The molecule has 0 aromatic heterocycles. The number of thioether (sulfide) groups is 1. The molecule has 1 heterocycles. The van der Waals surface area contributed by atoms with Crippen LogP contribution in [0.3, 0.4) is 0 Å². The fraction of sp³-hybridized carbons (Fsp3) is 0.333. The molecule has 1 aromatic carbocycles. The lowest BCUT2D eigenvalue weighted by Crippen LogP contribution is -2.29. The SMILES string of the molecule is CCOC(=O)C1=C(C(=S)Nc2ccc(OC)cc2)SC2=C(CCC2)N1. The molecule has 0 saturated carbocycles. The Balaban J connectivity index is 1.82. The Bertz CT molecular complexity index is 754. The minimum atomic E-state index is -0.373. The molecule has 0 amide bonds. The molecule has 132 valence electrons. The second-order valence-electron chi connectivity index (χ2n) is 5.59. The van der Waals surface area contributed by atoms with Crippen molar-refractivity contribution < 1.29 is 14.3 Å². The Morgan fingerprint density at radius 2 is 2.08 bits per heavy atom. The average molecular weight is 377 g/mol. The van der Waals surface area contributed by atoms with Crippen molar-refractivity contribution in [3.63, 3.8) is 0 Å². The van der Waals surface area contributed by atoms with E-state index in [1.165, 1.54) is 4.91 Å². The molecule has 0 bridgehead atoms. The predicted octanol–water partition coefficient (Wildman–Crippen LogP) is 3.94. The van der Waals surface area contributed by atoms with E-state index in [0.29, 0.717) is 22.2 Å². The monoisotopic (exact) mass is 376 g/mol. The zero-order valence-corrected chi connectivity index (χ0v) is 15.8. The van der Waals surface area contributed by atoms with Crippen LogP contribution in [0.5, 0.6) is 5.75 Å². The number of thiocarbonyl (C=S) groups is 1. The standard InChI is InChI=1S/C18H20N2O3S2/c1-3-23-18(21)15-16(25-14-6-4-5-13(14)20-15)17(24)19-11-7-9-12(22-2)10-8-11/h7-10,20H,3-6H2,1-2H3,(H,19,24). The lowest BCUT2D eigenvalue weighted by Gasteiger charge is -2.23. The zero-order chi connectivity index (χ0) is 17.8. The highest BCUT2D eigenvalue weighted by molar-refractivity contribution is 8.08. The summed E-state index contributed by atoms with van der Waals surface area (Å²) in [4.78, 5) is 14.8. The Hall–Kier alpha value is -1.99. The Kier molecular flexibility index (Phi) is 5.65. The van der Waals surface area contributed by atoms with Crippen LogP contribution < -0.4 is 15.4 Å². The molecular weight excluding hydrogens is 356 g/mol. The molecule has 1 aliphatic carbocycles. The third kappa shape index (κ3) is 3.99. The summed E-state index contributed by atoms with van der Waals surface area (Å²) >= 11 is 7.13. The maximum Gasteiger partial charge on any atom is 0.356 e. The van der Waals surface area contributed by atoms with Crippen molar-refractivity contribution in [2.45, 2.75) is 26.2 Å². The number of allylic oxidation sites excluding steroid dienone is 2. The molecule has 0 radical (unpaired) electrons. The van der Waals surface area contributed by atoms with E-state index in [2.05, 4.69) is 10.6 Å². The highest BCUT2D eigenvalue weighted by atomic mass is 32.2. The molecule has 7 heteroatoms. The molecule has 1 aromatic rings. The number of carbonyl (C=O) groups excluding carboxylic acids is 1. The van der Waals surface area contributed by atoms with E-state index in [-0.39, 0.29) is 5.97 Å². The first-order valence-electron chi connectivity index (χ1n) is 8.16. The predicted molar refractivity (Wildman–Crippen MR) is 104 cm³/mol. The van der Waals surface area contributed by atoms with Crippen molar-refractivity contribution in [2.24, 2.45) is 0 Å². The number of nitrogens with one attached hydrogen (secondary N) is 2. The summed E-state index contributed by atoms with van der Waals surface area (Å²) < 4.78 is 10.4. The molecule has 2 N–H and O–H groups in total. The highest BCUT2D eigenvalue weighted by Crippen LogP contribution is 2.42. The van der Waals surface area contributed by atoms with Gasteiger partial charge in [-0.15, -0.1) is 0 Å². The summed E-state index contributed by atoms with van der Waals surface area (Å²) in [5.41, 5.74) is 2.39. The number of esters is 1. The van der Waals surface area contributed by atoms with Crippen LogP contribution in [0.15, 0.2) is 45.5 Å². The number of methoxy groups -OCH3 is 1. The second-order valence-corrected chi connectivity index (χ2v) is 7.10. The summed E-state index contributed by atoms with van der Waals surface area (Å²) in [5, 5.41) is 6.45. The van der Waals surface area contributed by atoms with E-state index in [9.17, 15) is 4.79 Å². The zero-order valence-electron chi connectivity index (χ0n) is 14.2. The van der Waals surface area contributed by atoms with Crippen molar-refractivity contribution >= 4 is 40.6 Å². The van der Waals surface area contributed by atoms with Gasteiger partial charge in [0, 0.05) is 16.3 Å². The quantitative estimate of drug-likeness (QED) is 0.596. The maximum absolute atomic E-state index is 12.4. The first kappa shape index (κ1) is 17.8. The molecule has 25 heavy (non-hydrogen) atoms. The minimum absolute atomic E-state index is 0.326. The van der Waals surface area contributed by atoms with Crippen LogP contribution in [-0.2, 0) is 9.53 Å². The van der Waals surface area contributed by atoms with Crippen molar-refractivity contribution in [1.29, 1.82) is 0 Å². The smallest absolute Gasteiger partial charge is 0.356 e. The fourth-order valence-electron chi connectivity index (χ4n) is 2.71. The van der Waals surface area contributed by atoms with Gasteiger partial charge in [0.25, 0.3) is 0 Å². The van der Waals surface area contributed by atoms with Gasteiger partial charge in [-0.1, -0.05) is 24.0 Å². The van der Waals surface area contributed by atoms with Gasteiger partial charge in [-0.05, 0) is 50.5 Å². The molecule has 0 spiro atoms. The molecule has 3 rings (SSSR count). The maximum atomic E-state index is 12.4. The number of hydrogen-bond donors (Lipinski definition) is 2. The van der Waals surface area contributed by atoms with Crippen molar-refractivity contribution in [1.82, 2.24) is 5.32 Å². The van der Waals surface area contributed by atoms with E-state index in [4.69, 9.17) is 21.7 Å². The van der Waals surface area contributed by atoms with Crippen LogP contribution in [0.4, 0.5) is 5.69 Å². The minimum Gasteiger partial charge on any atom is -0.497 e. The average Bonchev–Trinajstić information content (AvgIpc) is 3.09. The molecule has 5 nitrogen and oxygen atoms in total. The Morgan fingerprint density at radius 1 is 1.32 bits per heavy atom. The molecule has 2 aliphatic rings. The summed E-state index contributed by atoms with van der Waals surface area (Å²) in [6.07, 6.45) is 3.06. The number of hydrogen-bond acceptors (Lipinski definition) is 6. The van der Waals surface area contributed by atoms with Crippen LogP contribution in [0.25, 0.3) is 0 Å². The van der Waals surface area contributed by atoms with E-state index < -0.39 is 0 Å². The highest BCUT2D eigenvalue weighted by Gasteiger charge is 2.30. The van der Waals surface area contributed by atoms with Crippen LogP contribution in [0.2, 0.25) is 0 Å².